The minimum atomic E-state index is 0.0481. The fourth-order valence-corrected chi connectivity index (χ4v) is 3.50. The van der Waals surface area contributed by atoms with Gasteiger partial charge in [0.25, 0.3) is 0 Å². The predicted octanol–water partition coefficient (Wildman–Crippen LogP) is 3.52. The zero-order valence-electron chi connectivity index (χ0n) is 12.9. The highest BCUT2D eigenvalue weighted by Crippen LogP contribution is 2.38. The molecule has 1 aromatic carbocycles. The van der Waals surface area contributed by atoms with Gasteiger partial charge < -0.3 is 5.11 Å². The highest BCUT2D eigenvalue weighted by Gasteiger charge is 2.27. The number of phenols is 1. The van der Waals surface area contributed by atoms with Gasteiger partial charge in [-0.25, -0.2) is 0 Å². The number of rotatable bonds is 3. The lowest BCUT2D eigenvalue weighted by molar-refractivity contribution is 0.275. The van der Waals surface area contributed by atoms with E-state index < -0.39 is 0 Å². The molecule has 4 rings (SSSR count). The van der Waals surface area contributed by atoms with E-state index in [0.29, 0.717) is 5.52 Å². The SMILES string of the molecule is Oc1c(C(c2ccncc2)N2CCCC2)ccc2cccnc12. The Kier molecular flexibility index (Phi) is 3.67. The third-order valence-electron chi connectivity index (χ3n) is 4.60. The molecule has 1 N–H and O–H groups in total. The van der Waals surface area contributed by atoms with Crippen molar-refractivity contribution in [2.24, 2.45) is 0 Å². The Bertz CT molecular complexity index is 813. The Balaban J connectivity index is 1.88. The molecule has 116 valence electrons. The van der Waals surface area contributed by atoms with Crippen LogP contribution in [0.1, 0.15) is 30.0 Å². The molecule has 1 unspecified atom stereocenters. The third-order valence-corrected chi connectivity index (χ3v) is 4.60. The summed E-state index contributed by atoms with van der Waals surface area (Å²) in [5.41, 5.74) is 2.75. The third kappa shape index (κ3) is 2.55. The van der Waals surface area contributed by atoms with E-state index in [4.69, 9.17) is 0 Å². The normalized spacial score (nSPS) is 16.7. The van der Waals surface area contributed by atoms with Gasteiger partial charge in [0.05, 0.1) is 6.04 Å². The first kappa shape index (κ1) is 14.2. The molecule has 4 heteroatoms. The molecule has 3 aromatic rings. The molecule has 1 aliphatic rings. The molecule has 3 heterocycles. The van der Waals surface area contributed by atoms with E-state index in [9.17, 15) is 5.11 Å². The van der Waals surface area contributed by atoms with Crippen LogP contribution in [0.25, 0.3) is 10.9 Å². The van der Waals surface area contributed by atoms with E-state index >= 15 is 0 Å². The van der Waals surface area contributed by atoms with Crippen molar-refractivity contribution in [2.45, 2.75) is 18.9 Å². The lowest BCUT2D eigenvalue weighted by Gasteiger charge is -2.29. The summed E-state index contributed by atoms with van der Waals surface area (Å²) in [6.07, 6.45) is 7.76. The summed E-state index contributed by atoms with van der Waals surface area (Å²) in [7, 11) is 0. The summed E-state index contributed by atoms with van der Waals surface area (Å²) in [6, 6.07) is 12.1. The van der Waals surface area contributed by atoms with Crippen molar-refractivity contribution in [1.29, 1.82) is 0 Å². The zero-order chi connectivity index (χ0) is 15.6. The van der Waals surface area contributed by atoms with Gasteiger partial charge in [0.2, 0.25) is 0 Å². The van der Waals surface area contributed by atoms with Crippen molar-refractivity contribution < 1.29 is 5.11 Å². The molecular formula is C19H19N3O. The lowest BCUT2D eigenvalue weighted by atomic mass is 9.96. The van der Waals surface area contributed by atoms with E-state index in [2.05, 4.69) is 14.9 Å². The van der Waals surface area contributed by atoms with Crippen LogP contribution in [0.4, 0.5) is 0 Å². The van der Waals surface area contributed by atoms with Crippen molar-refractivity contribution >= 4 is 10.9 Å². The maximum atomic E-state index is 10.8. The standard InChI is InChI=1S/C19H19N3O/c23-19-16(6-5-14-4-3-9-21-17(14)19)18(22-12-1-2-13-22)15-7-10-20-11-8-15/h3-11,18,23H,1-2,12-13H2. The largest absolute Gasteiger partial charge is 0.505 e. The Morgan fingerprint density at radius 2 is 1.74 bits per heavy atom. The fraction of sp³-hybridized carbons (Fsp3) is 0.263. The van der Waals surface area contributed by atoms with E-state index in [1.807, 2.05) is 48.8 Å². The van der Waals surface area contributed by atoms with Crippen LogP contribution >= 0.6 is 0 Å². The number of pyridine rings is 2. The predicted molar refractivity (Wildman–Crippen MR) is 90.3 cm³/mol. The molecule has 1 saturated heterocycles. The number of aromatic nitrogens is 2. The molecule has 1 atom stereocenters. The molecule has 0 aliphatic carbocycles. The second-order valence-electron chi connectivity index (χ2n) is 6.00. The van der Waals surface area contributed by atoms with Gasteiger partial charge in [0.1, 0.15) is 11.3 Å². The van der Waals surface area contributed by atoms with Crippen molar-refractivity contribution in [1.82, 2.24) is 14.9 Å². The average molecular weight is 305 g/mol. The Morgan fingerprint density at radius 3 is 2.52 bits per heavy atom. The molecule has 0 bridgehead atoms. The van der Waals surface area contributed by atoms with Crippen LogP contribution in [0.15, 0.2) is 55.0 Å². The van der Waals surface area contributed by atoms with Crippen LogP contribution in [0.5, 0.6) is 5.75 Å². The van der Waals surface area contributed by atoms with E-state index in [1.165, 1.54) is 12.8 Å². The molecule has 23 heavy (non-hydrogen) atoms. The summed E-state index contributed by atoms with van der Waals surface area (Å²) in [4.78, 5) is 10.9. The molecule has 0 spiro atoms. The number of hydrogen-bond donors (Lipinski definition) is 1. The molecule has 1 aliphatic heterocycles. The van der Waals surface area contributed by atoms with Gasteiger partial charge in [-0.1, -0.05) is 18.2 Å². The lowest BCUT2D eigenvalue weighted by Crippen LogP contribution is -2.26. The van der Waals surface area contributed by atoms with E-state index in [0.717, 1.165) is 29.6 Å². The number of phenolic OH excluding ortho intramolecular Hbond substituents is 1. The highest BCUT2D eigenvalue weighted by molar-refractivity contribution is 5.85. The van der Waals surface area contributed by atoms with Gasteiger partial charge in [-0.15, -0.1) is 0 Å². The molecule has 0 amide bonds. The number of aromatic hydroxyl groups is 1. The number of fused-ring (bicyclic) bond motifs is 1. The van der Waals surface area contributed by atoms with Crippen LogP contribution in [0, 0.1) is 0 Å². The minimum absolute atomic E-state index is 0.0481. The van der Waals surface area contributed by atoms with Gasteiger partial charge in [-0.2, -0.15) is 0 Å². The van der Waals surface area contributed by atoms with Crippen molar-refractivity contribution in [3.63, 3.8) is 0 Å². The van der Waals surface area contributed by atoms with E-state index in [-0.39, 0.29) is 11.8 Å². The average Bonchev–Trinajstić information content (AvgIpc) is 3.13. The maximum absolute atomic E-state index is 10.8. The monoisotopic (exact) mass is 305 g/mol. The summed E-state index contributed by atoms with van der Waals surface area (Å²) in [5, 5.41) is 11.8. The molecule has 2 aromatic heterocycles. The van der Waals surface area contributed by atoms with Crippen LogP contribution in [0.3, 0.4) is 0 Å². The summed E-state index contributed by atoms with van der Waals surface area (Å²) in [5.74, 6) is 0.289. The number of nitrogens with zero attached hydrogens (tertiary/aromatic N) is 3. The second kappa shape index (κ2) is 5.97. The van der Waals surface area contributed by atoms with Crippen molar-refractivity contribution in [3.05, 3.63) is 66.1 Å². The number of hydrogen-bond acceptors (Lipinski definition) is 4. The Morgan fingerprint density at radius 1 is 0.957 bits per heavy atom. The molecular weight excluding hydrogens is 286 g/mol. The Hall–Kier alpha value is -2.46. The molecule has 0 radical (unpaired) electrons. The van der Waals surface area contributed by atoms with Crippen molar-refractivity contribution in [3.8, 4) is 5.75 Å². The fourth-order valence-electron chi connectivity index (χ4n) is 3.50. The van der Waals surface area contributed by atoms with Gasteiger partial charge >= 0.3 is 0 Å². The van der Waals surface area contributed by atoms with Gasteiger partial charge in [-0.3, -0.25) is 14.9 Å². The topological polar surface area (TPSA) is 49.3 Å². The first-order valence-electron chi connectivity index (χ1n) is 8.05. The first-order chi connectivity index (χ1) is 11.3. The molecule has 0 saturated carbocycles. The quantitative estimate of drug-likeness (QED) is 0.804. The molecule has 1 fully saturated rings. The molecule has 4 nitrogen and oxygen atoms in total. The summed E-state index contributed by atoms with van der Waals surface area (Å²) >= 11 is 0. The van der Waals surface area contributed by atoms with Gasteiger partial charge in [0, 0.05) is 29.5 Å². The van der Waals surface area contributed by atoms with Crippen LogP contribution in [-0.2, 0) is 0 Å². The van der Waals surface area contributed by atoms with Crippen molar-refractivity contribution in [2.75, 3.05) is 13.1 Å². The van der Waals surface area contributed by atoms with E-state index in [1.54, 1.807) is 6.20 Å². The highest BCUT2D eigenvalue weighted by atomic mass is 16.3. The van der Waals surface area contributed by atoms with Crippen LogP contribution in [-0.4, -0.2) is 33.1 Å². The smallest absolute Gasteiger partial charge is 0.146 e. The van der Waals surface area contributed by atoms with Gasteiger partial charge in [-0.05, 0) is 49.7 Å². The summed E-state index contributed by atoms with van der Waals surface area (Å²) < 4.78 is 0. The second-order valence-corrected chi connectivity index (χ2v) is 6.00. The zero-order valence-corrected chi connectivity index (χ0v) is 12.9. The first-order valence-corrected chi connectivity index (χ1v) is 8.05. The van der Waals surface area contributed by atoms with Gasteiger partial charge in [0.15, 0.2) is 0 Å². The Labute approximate surface area is 135 Å². The number of likely N-dealkylation sites (tertiary alicyclic amines) is 1. The maximum Gasteiger partial charge on any atom is 0.146 e. The van der Waals surface area contributed by atoms with Crippen LogP contribution in [0.2, 0.25) is 0 Å². The van der Waals surface area contributed by atoms with Crippen LogP contribution < -0.4 is 0 Å². The minimum Gasteiger partial charge on any atom is -0.505 e. The number of benzene rings is 1. The summed E-state index contributed by atoms with van der Waals surface area (Å²) in [6.45, 7) is 2.10.